The number of rotatable bonds is 9. The molecule has 7 rings (SSSR count). The largest absolute Gasteiger partial charge is 0.310 e. The first-order chi connectivity index (χ1) is 22.3. The first kappa shape index (κ1) is 27.9. The van der Waals surface area contributed by atoms with Gasteiger partial charge in [-0.2, -0.15) is 0 Å². The highest BCUT2D eigenvalue weighted by Gasteiger charge is 2.20. The summed E-state index contributed by atoms with van der Waals surface area (Å²) in [6, 6.07) is 69.0. The van der Waals surface area contributed by atoms with Gasteiger partial charge in [-0.25, -0.2) is 0 Å². The van der Waals surface area contributed by atoms with Crippen LogP contribution in [0.4, 0.5) is 34.1 Å². The van der Waals surface area contributed by atoms with Crippen molar-refractivity contribution >= 4 is 34.1 Å². The van der Waals surface area contributed by atoms with E-state index < -0.39 is 0 Å². The third kappa shape index (κ3) is 6.27. The molecule has 0 aromatic heterocycles. The Hall–Kier alpha value is -5.86. The summed E-state index contributed by atoms with van der Waals surface area (Å²) in [5, 5.41) is 0. The molecule has 0 aliphatic carbocycles. The Balaban J connectivity index is 1.47. The van der Waals surface area contributed by atoms with Crippen LogP contribution in [0.5, 0.6) is 0 Å². The number of nitrogens with zero attached hydrogens (tertiary/aromatic N) is 2. The molecular weight excluding hydrogens is 544 g/mol. The minimum atomic E-state index is 0.821. The molecule has 0 saturated heterocycles. The van der Waals surface area contributed by atoms with Gasteiger partial charge in [0.1, 0.15) is 0 Å². The molecule has 7 aromatic carbocycles. The van der Waals surface area contributed by atoms with Gasteiger partial charge in [-0.05, 0) is 83.8 Å². The molecule has 7 aromatic rings. The SMILES string of the molecule is c1ccc(Cc2cc(N(c3ccccc3)c3ccccc3)cc(N(c3ccccc3)c3ccccc3-c3ccccc3)c2)cc1. The van der Waals surface area contributed by atoms with Crippen molar-refractivity contribution in [3.05, 3.63) is 205 Å². The van der Waals surface area contributed by atoms with Gasteiger partial charge in [-0.3, -0.25) is 0 Å². The molecule has 0 spiro atoms. The fourth-order valence-electron chi connectivity index (χ4n) is 5.98. The zero-order valence-electron chi connectivity index (χ0n) is 25.1. The van der Waals surface area contributed by atoms with E-state index in [-0.39, 0.29) is 0 Å². The lowest BCUT2D eigenvalue weighted by Gasteiger charge is -2.31. The van der Waals surface area contributed by atoms with E-state index >= 15 is 0 Å². The van der Waals surface area contributed by atoms with Gasteiger partial charge in [0.25, 0.3) is 0 Å². The quantitative estimate of drug-likeness (QED) is 0.168. The minimum Gasteiger partial charge on any atom is -0.310 e. The lowest BCUT2D eigenvalue weighted by Crippen LogP contribution is -2.14. The van der Waals surface area contributed by atoms with Gasteiger partial charge < -0.3 is 9.80 Å². The van der Waals surface area contributed by atoms with Crippen LogP contribution < -0.4 is 9.80 Å². The van der Waals surface area contributed by atoms with E-state index in [4.69, 9.17) is 0 Å². The van der Waals surface area contributed by atoms with Gasteiger partial charge in [-0.1, -0.05) is 133 Å². The second-order valence-corrected chi connectivity index (χ2v) is 11.1. The van der Waals surface area contributed by atoms with Gasteiger partial charge in [-0.15, -0.1) is 0 Å². The van der Waals surface area contributed by atoms with Gasteiger partial charge in [0.05, 0.1) is 5.69 Å². The normalized spacial score (nSPS) is 10.8. The highest BCUT2D eigenvalue weighted by molar-refractivity contribution is 5.90. The Morgan fingerprint density at radius 2 is 0.733 bits per heavy atom. The van der Waals surface area contributed by atoms with Crippen molar-refractivity contribution in [3.63, 3.8) is 0 Å². The van der Waals surface area contributed by atoms with Crippen molar-refractivity contribution in [1.82, 2.24) is 0 Å². The Labute approximate surface area is 266 Å². The van der Waals surface area contributed by atoms with Gasteiger partial charge >= 0.3 is 0 Å². The zero-order chi connectivity index (χ0) is 30.3. The van der Waals surface area contributed by atoms with Crippen LogP contribution in [-0.4, -0.2) is 0 Å². The highest BCUT2D eigenvalue weighted by Crippen LogP contribution is 2.44. The molecule has 2 heteroatoms. The number of para-hydroxylation sites is 4. The zero-order valence-corrected chi connectivity index (χ0v) is 25.1. The number of benzene rings is 7. The summed E-state index contributed by atoms with van der Waals surface area (Å²) in [5.74, 6) is 0. The second kappa shape index (κ2) is 13.2. The maximum atomic E-state index is 2.40. The third-order valence-corrected chi connectivity index (χ3v) is 8.00. The maximum absolute atomic E-state index is 2.40. The van der Waals surface area contributed by atoms with Crippen LogP contribution in [0, 0.1) is 0 Å². The molecule has 216 valence electrons. The van der Waals surface area contributed by atoms with E-state index in [1.165, 1.54) is 22.3 Å². The molecule has 0 heterocycles. The van der Waals surface area contributed by atoms with Crippen molar-refractivity contribution in [3.8, 4) is 11.1 Å². The minimum absolute atomic E-state index is 0.821. The van der Waals surface area contributed by atoms with Crippen LogP contribution >= 0.6 is 0 Å². The number of hydrogen-bond acceptors (Lipinski definition) is 2. The van der Waals surface area contributed by atoms with E-state index in [2.05, 4.69) is 204 Å². The molecule has 0 fully saturated rings. The smallest absolute Gasteiger partial charge is 0.0540 e. The molecule has 0 aliphatic rings. The third-order valence-electron chi connectivity index (χ3n) is 8.00. The Morgan fingerprint density at radius 3 is 1.29 bits per heavy atom. The molecule has 0 radical (unpaired) electrons. The molecule has 0 N–H and O–H groups in total. The topological polar surface area (TPSA) is 6.48 Å². The summed E-state index contributed by atoms with van der Waals surface area (Å²) >= 11 is 0. The monoisotopic (exact) mass is 578 g/mol. The van der Waals surface area contributed by atoms with Gasteiger partial charge in [0.2, 0.25) is 0 Å². The summed E-state index contributed by atoms with van der Waals surface area (Å²) in [6.07, 6.45) is 0.821. The molecule has 0 unspecified atom stereocenters. The van der Waals surface area contributed by atoms with Crippen molar-refractivity contribution in [1.29, 1.82) is 0 Å². The average Bonchev–Trinajstić information content (AvgIpc) is 3.11. The highest BCUT2D eigenvalue weighted by atomic mass is 15.2. The first-order valence-electron chi connectivity index (χ1n) is 15.4. The Morgan fingerprint density at radius 1 is 0.311 bits per heavy atom. The van der Waals surface area contributed by atoms with E-state index in [1.807, 2.05) is 0 Å². The van der Waals surface area contributed by atoms with Crippen LogP contribution in [0.2, 0.25) is 0 Å². The maximum Gasteiger partial charge on any atom is 0.0540 e. The lowest BCUT2D eigenvalue weighted by atomic mass is 9.99. The molecule has 45 heavy (non-hydrogen) atoms. The summed E-state index contributed by atoms with van der Waals surface area (Å²) < 4.78 is 0. The summed E-state index contributed by atoms with van der Waals surface area (Å²) in [4.78, 5) is 4.75. The summed E-state index contributed by atoms with van der Waals surface area (Å²) in [7, 11) is 0. The summed E-state index contributed by atoms with van der Waals surface area (Å²) in [6.45, 7) is 0. The molecular formula is C43H34N2. The predicted molar refractivity (Wildman–Crippen MR) is 190 cm³/mol. The molecule has 0 bridgehead atoms. The summed E-state index contributed by atoms with van der Waals surface area (Å²) in [5.41, 5.74) is 11.6. The number of hydrogen-bond donors (Lipinski definition) is 0. The second-order valence-electron chi connectivity index (χ2n) is 11.1. The fourth-order valence-corrected chi connectivity index (χ4v) is 5.98. The van der Waals surface area contributed by atoms with Crippen LogP contribution in [0.3, 0.4) is 0 Å². The van der Waals surface area contributed by atoms with E-state index in [9.17, 15) is 0 Å². The van der Waals surface area contributed by atoms with Crippen molar-refractivity contribution in [2.24, 2.45) is 0 Å². The van der Waals surface area contributed by atoms with E-state index in [0.29, 0.717) is 0 Å². The van der Waals surface area contributed by atoms with Crippen LogP contribution in [0.25, 0.3) is 11.1 Å². The molecule has 2 nitrogen and oxygen atoms in total. The molecule has 0 saturated carbocycles. The van der Waals surface area contributed by atoms with Crippen LogP contribution in [0.1, 0.15) is 11.1 Å². The van der Waals surface area contributed by atoms with Gasteiger partial charge in [0.15, 0.2) is 0 Å². The Kier molecular flexibility index (Phi) is 8.19. The first-order valence-corrected chi connectivity index (χ1v) is 15.4. The van der Waals surface area contributed by atoms with Crippen LogP contribution in [-0.2, 0) is 6.42 Å². The molecule has 0 atom stereocenters. The van der Waals surface area contributed by atoms with Crippen molar-refractivity contribution in [2.45, 2.75) is 6.42 Å². The number of anilines is 6. The fraction of sp³-hybridized carbons (Fsp3) is 0.0233. The van der Waals surface area contributed by atoms with Gasteiger partial charge in [0, 0.05) is 34.0 Å². The van der Waals surface area contributed by atoms with Crippen molar-refractivity contribution in [2.75, 3.05) is 9.80 Å². The Bertz CT molecular complexity index is 1920. The predicted octanol–water partition coefficient (Wildman–Crippen LogP) is 11.9. The van der Waals surface area contributed by atoms with E-state index in [0.717, 1.165) is 40.5 Å². The molecule has 0 amide bonds. The standard InChI is InChI=1S/C43H34N2/c1-6-18-34(19-7-1)30-35-31-40(44(37-22-10-3-11-23-37)38-24-12-4-13-25-38)33-41(32-35)45(39-26-14-5-15-27-39)43-29-17-16-28-42(43)36-20-8-2-9-21-36/h1-29,31-33H,30H2. The molecule has 0 aliphatic heterocycles. The lowest BCUT2D eigenvalue weighted by molar-refractivity contribution is 1.16. The van der Waals surface area contributed by atoms with Crippen molar-refractivity contribution < 1.29 is 0 Å². The van der Waals surface area contributed by atoms with E-state index in [1.54, 1.807) is 0 Å². The average molecular weight is 579 g/mol. The van der Waals surface area contributed by atoms with Crippen LogP contribution in [0.15, 0.2) is 194 Å².